The molecule has 0 amide bonds. The van der Waals surface area contributed by atoms with Crippen LogP contribution in [0.1, 0.15) is 18.9 Å². The van der Waals surface area contributed by atoms with Crippen molar-refractivity contribution in [2.45, 2.75) is 19.4 Å². The molecule has 0 radical (unpaired) electrons. The Morgan fingerprint density at radius 3 is 3.00 bits per heavy atom. The summed E-state index contributed by atoms with van der Waals surface area (Å²) in [7, 11) is 0. The largest absolute Gasteiger partial charge is 0.491 e. The zero-order valence-corrected chi connectivity index (χ0v) is 11.2. The molecular weight excluding hydrogens is 240 g/mol. The highest BCUT2D eigenvalue weighted by molar-refractivity contribution is 5.42. The fourth-order valence-corrected chi connectivity index (χ4v) is 2.29. The second-order valence-corrected chi connectivity index (χ2v) is 5.09. The second kappa shape index (κ2) is 6.55. The molecule has 1 saturated heterocycles. The number of benzene rings is 1. The van der Waals surface area contributed by atoms with Crippen molar-refractivity contribution in [2.75, 3.05) is 26.2 Å². The van der Waals surface area contributed by atoms with E-state index in [4.69, 9.17) is 10.00 Å². The van der Waals surface area contributed by atoms with Gasteiger partial charge >= 0.3 is 0 Å². The molecule has 102 valence electrons. The summed E-state index contributed by atoms with van der Waals surface area (Å²) in [4.78, 5) is 2.21. The highest BCUT2D eigenvalue weighted by atomic mass is 16.5. The number of nitriles is 1. The number of likely N-dealkylation sites (tertiary alicyclic amines) is 1. The first-order valence-corrected chi connectivity index (χ1v) is 6.73. The molecule has 1 aromatic carbocycles. The van der Waals surface area contributed by atoms with Gasteiger partial charge in [0.15, 0.2) is 0 Å². The van der Waals surface area contributed by atoms with Crippen LogP contribution < -0.4 is 4.74 Å². The number of nitrogens with zero attached hydrogens (tertiary/aromatic N) is 2. The minimum atomic E-state index is -0.236. The minimum Gasteiger partial charge on any atom is -0.491 e. The molecule has 0 spiro atoms. The number of piperidine rings is 1. The van der Waals surface area contributed by atoms with Gasteiger partial charge in [-0.15, -0.1) is 0 Å². The van der Waals surface area contributed by atoms with Gasteiger partial charge in [0.25, 0.3) is 0 Å². The molecular formula is C15H20N2O2. The van der Waals surface area contributed by atoms with Gasteiger partial charge in [-0.25, -0.2) is 0 Å². The number of hydrogen-bond acceptors (Lipinski definition) is 4. The van der Waals surface area contributed by atoms with E-state index in [1.54, 1.807) is 6.07 Å². The summed E-state index contributed by atoms with van der Waals surface area (Å²) < 4.78 is 5.65. The summed E-state index contributed by atoms with van der Waals surface area (Å²) >= 11 is 0. The van der Waals surface area contributed by atoms with E-state index in [0.29, 0.717) is 30.4 Å². The van der Waals surface area contributed by atoms with Gasteiger partial charge < -0.3 is 9.84 Å². The van der Waals surface area contributed by atoms with Crippen LogP contribution in [-0.4, -0.2) is 42.4 Å². The van der Waals surface area contributed by atoms with E-state index in [-0.39, 0.29) is 6.10 Å². The van der Waals surface area contributed by atoms with Gasteiger partial charge in [-0.1, -0.05) is 19.1 Å². The van der Waals surface area contributed by atoms with Crippen molar-refractivity contribution in [1.82, 2.24) is 4.90 Å². The quantitative estimate of drug-likeness (QED) is 0.894. The van der Waals surface area contributed by atoms with Crippen molar-refractivity contribution in [1.29, 1.82) is 5.26 Å². The van der Waals surface area contributed by atoms with E-state index in [1.165, 1.54) is 0 Å². The highest BCUT2D eigenvalue weighted by Gasteiger charge is 2.23. The molecule has 1 aliphatic heterocycles. The van der Waals surface area contributed by atoms with Gasteiger partial charge in [0, 0.05) is 13.1 Å². The van der Waals surface area contributed by atoms with Crippen molar-refractivity contribution < 1.29 is 9.84 Å². The number of ether oxygens (including phenoxy) is 1. The molecule has 2 atom stereocenters. The Morgan fingerprint density at radius 2 is 2.26 bits per heavy atom. The number of para-hydroxylation sites is 1. The topological polar surface area (TPSA) is 56.5 Å². The minimum absolute atomic E-state index is 0.236. The molecule has 1 aliphatic rings. The molecule has 1 aromatic rings. The lowest BCUT2D eigenvalue weighted by molar-refractivity contribution is 0.0244. The Labute approximate surface area is 114 Å². The van der Waals surface area contributed by atoms with Crippen LogP contribution in [-0.2, 0) is 0 Å². The van der Waals surface area contributed by atoms with Crippen LogP contribution in [0, 0.1) is 17.2 Å². The molecule has 0 aromatic heterocycles. The third kappa shape index (κ3) is 3.69. The number of β-amino-alcohol motifs (C(OH)–C–C–N with tert-alkyl or cyclic N) is 1. The van der Waals surface area contributed by atoms with Gasteiger partial charge in [0.1, 0.15) is 18.4 Å². The number of aliphatic hydroxyl groups is 1. The third-order valence-corrected chi connectivity index (χ3v) is 3.68. The Morgan fingerprint density at radius 1 is 1.47 bits per heavy atom. The maximum Gasteiger partial charge on any atom is 0.137 e. The summed E-state index contributed by atoms with van der Waals surface area (Å²) in [5, 5.41) is 18.8. The summed E-state index contributed by atoms with van der Waals surface area (Å²) in [6.45, 7) is 5.12. The molecule has 4 nitrogen and oxygen atoms in total. The summed E-state index contributed by atoms with van der Waals surface area (Å²) in [5.74, 6) is 1.02. The first kappa shape index (κ1) is 13.9. The first-order valence-electron chi connectivity index (χ1n) is 6.73. The highest BCUT2D eigenvalue weighted by Crippen LogP contribution is 2.18. The van der Waals surface area contributed by atoms with Crippen LogP contribution in [0.3, 0.4) is 0 Å². The Hall–Kier alpha value is -1.57. The fraction of sp³-hybridized carbons (Fsp3) is 0.533. The lowest BCUT2D eigenvalue weighted by atomic mass is 9.96. The maximum absolute atomic E-state index is 9.82. The smallest absolute Gasteiger partial charge is 0.137 e. The van der Waals surface area contributed by atoms with Crippen molar-refractivity contribution >= 4 is 0 Å². The van der Waals surface area contributed by atoms with Gasteiger partial charge in [0.05, 0.1) is 11.7 Å². The van der Waals surface area contributed by atoms with E-state index >= 15 is 0 Å². The molecule has 1 N–H and O–H groups in total. The summed E-state index contributed by atoms with van der Waals surface area (Å²) in [6.07, 6.45) is 0.788. The molecule has 2 rings (SSSR count). The predicted octanol–water partition coefficient (Wildman–Crippen LogP) is 1.64. The molecule has 0 saturated carbocycles. The normalized spacial score (nSPS) is 23.8. The molecule has 19 heavy (non-hydrogen) atoms. The van der Waals surface area contributed by atoms with E-state index in [1.807, 2.05) is 18.2 Å². The maximum atomic E-state index is 9.82. The number of hydrogen-bond donors (Lipinski definition) is 1. The summed E-state index contributed by atoms with van der Waals surface area (Å²) in [5.41, 5.74) is 0.565. The molecule has 4 heteroatoms. The molecule has 1 heterocycles. The van der Waals surface area contributed by atoms with Crippen LogP contribution in [0.2, 0.25) is 0 Å². The Balaban J connectivity index is 1.79. The van der Waals surface area contributed by atoms with Crippen molar-refractivity contribution in [3.63, 3.8) is 0 Å². The third-order valence-electron chi connectivity index (χ3n) is 3.68. The van der Waals surface area contributed by atoms with E-state index in [9.17, 15) is 5.11 Å². The van der Waals surface area contributed by atoms with Gasteiger partial charge in [0.2, 0.25) is 0 Å². The van der Waals surface area contributed by atoms with Gasteiger partial charge in [-0.2, -0.15) is 5.26 Å². The monoisotopic (exact) mass is 260 g/mol. The van der Waals surface area contributed by atoms with Gasteiger partial charge in [-0.3, -0.25) is 4.90 Å². The standard InChI is InChI=1S/C15H20N2O2/c1-12-6-7-17(11-14(12)18)8-9-19-15-5-3-2-4-13(15)10-16/h2-5,12,14,18H,6-9,11H2,1H3. The number of aliphatic hydroxyl groups excluding tert-OH is 1. The SMILES string of the molecule is CC1CCN(CCOc2ccccc2C#N)CC1O. The number of rotatable bonds is 4. The zero-order chi connectivity index (χ0) is 13.7. The van der Waals surface area contributed by atoms with Gasteiger partial charge in [-0.05, 0) is 31.0 Å². The average Bonchev–Trinajstić information content (AvgIpc) is 2.43. The van der Waals surface area contributed by atoms with Crippen LogP contribution in [0.4, 0.5) is 0 Å². The van der Waals surface area contributed by atoms with E-state index < -0.39 is 0 Å². The van der Waals surface area contributed by atoms with Crippen molar-refractivity contribution in [3.05, 3.63) is 29.8 Å². The summed E-state index contributed by atoms with van der Waals surface area (Å²) in [6, 6.07) is 9.37. The van der Waals surface area contributed by atoms with Crippen LogP contribution in [0.25, 0.3) is 0 Å². The average molecular weight is 260 g/mol. The zero-order valence-electron chi connectivity index (χ0n) is 11.2. The molecule has 2 unspecified atom stereocenters. The van der Waals surface area contributed by atoms with E-state index in [0.717, 1.165) is 19.5 Å². The Bertz CT molecular complexity index is 456. The van der Waals surface area contributed by atoms with Crippen LogP contribution in [0.5, 0.6) is 5.75 Å². The molecule has 1 fully saturated rings. The van der Waals surface area contributed by atoms with Crippen LogP contribution >= 0.6 is 0 Å². The van der Waals surface area contributed by atoms with Crippen LogP contribution in [0.15, 0.2) is 24.3 Å². The predicted molar refractivity (Wildman–Crippen MR) is 72.9 cm³/mol. The lowest BCUT2D eigenvalue weighted by Crippen LogP contribution is -2.44. The first-order chi connectivity index (χ1) is 9.20. The second-order valence-electron chi connectivity index (χ2n) is 5.09. The van der Waals surface area contributed by atoms with E-state index in [2.05, 4.69) is 17.9 Å². The fourth-order valence-electron chi connectivity index (χ4n) is 2.29. The van der Waals surface area contributed by atoms with Crippen molar-refractivity contribution in [3.8, 4) is 11.8 Å². The van der Waals surface area contributed by atoms with Crippen molar-refractivity contribution in [2.24, 2.45) is 5.92 Å². The molecule has 0 bridgehead atoms. The lowest BCUT2D eigenvalue weighted by Gasteiger charge is -2.34. The molecule has 0 aliphatic carbocycles. The Kier molecular flexibility index (Phi) is 4.78.